The number of carboxylic acid groups (broad SMARTS) is 1. The SMILES string of the molecule is CCCCCC(C)Nc1ncc2c([C@H]3CC[C@@H](C(=O)O)CC3)cc([C@H]3CC[C@H](O)CC3)n2n1. The molecule has 33 heavy (non-hydrogen) atoms. The van der Waals surface area contributed by atoms with Crippen molar-refractivity contribution in [1.82, 2.24) is 14.6 Å². The van der Waals surface area contributed by atoms with Gasteiger partial charge in [-0.15, -0.1) is 5.10 Å². The fourth-order valence-electron chi connectivity index (χ4n) is 5.74. The van der Waals surface area contributed by atoms with Gasteiger partial charge in [-0.05, 0) is 82.3 Å². The van der Waals surface area contributed by atoms with E-state index in [2.05, 4.69) is 34.7 Å². The van der Waals surface area contributed by atoms with Gasteiger partial charge in [-0.1, -0.05) is 26.2 Å². The number of aliphatic hydroxyl groups excluding tert-OH is 1. The number of nitrogens with zero attached hydrogens (tertiary/aromatic N) is 3. The van der Waals surface area contributed by atoms with Gasteiger partial charge in [0.2, 0.25) is 5.95 Å². The van der Waals surface area contributed by atoms with E-state index in [9.17, 15) is 15.0 Å². The van der Waals surface area contributed by atoms with Crippen LogP contribution in [0.2, 0.25) is 0 Å². The first-order valence-corrected chi connectivity index (χ1v) is 13.0. The molecule has 1 atom stereocenters. The highest BCUT2D eigenvalue weighted by atomic mass is 16.4. The van der Waals surface area contributed by atoms with E-state index in [0.29, 0.717) is 23.8 Å². The molecule has 7 nitrogen and oxygen atoms in total. The lowest BCUT2D eigenvalue weighted by molar-refractivity contribution is -0.142. The predicted octanol–water partition coefficient (Wildman–Crippen LogP) is 5.49. The predicted molar refractivity (Wildman–Crippen MR) is 130 cm³/mol. The van der Waals surface area contributed by atoms with Crippen LogP contribution < -0.4 is 5.32 Å². The van der Waals surface area contributed by atoms with Crippen molar-refractivity contribution in [3.8, 4) is 0 Å². The number of carboxylic acids is 1. The topological polar surface area (TPSA) is 99.8 Å². The number of fused-ring (bicyclic) bond motifs is 1. The number of anilines is 1. The fourth-order valence-corrected chi connectivity index (χ4v) is 5.74. The van der Waals surface area contributed by atoms with E-state index in [4.69, 9.17) is 5.10 Å². The monoisotopic (exact) mass is 456 g/mol. The number of aliphatic carboxylic acids is 1. The molecule has 2 fully saturated rings. The quantitative estimate of drug-likeness (QED) is 0.432. The summed E-state index contributed by atoms with van der Waals surface area (Å²) in [6, 6.07) is 2.63. The van der Waals surface area contributed by atoms with E-state index < -0.39 is 5.97 Å². The molecule has 182 valence electrons. The van der Waals surface area contributed by atoms with Crippen molar-refractivity contribution in [3.63, 3.8) is 0 Å². The zero-order valence-electron chi connectivity index (χ0n) is 20.2. The lowest BCUT2D eigenvalue weighted by Gasteiger charge is -2.26. The fraction of sp³-hybridized carbons (Fsp3) is 0.731. The second kappa shape index (κ2) is 10.9. The molecule has 0 radical (unpaired) electrons. The normalized spacial score (nSPS) is 26.9. The van der Waals surface area contributed by atoms with E-state index in [0.717, 1.165) is 63.3 Å². The molecule has 0 aliphatic heterocycles. The number of aromatic nitrogens is 3. The van der Waals surface area contributed by atoms with Gasteiger partial charge in [-0.2, -0.15) is 0 Å². The lowest BCUT2D eigenvalue weighted by Crippen LogP contribution is -2.20. The van der Waals surface area contributed by atoms with Crippen LogP contribution >= 0.6 is 0 Å². The molecule has 2 aromatic rings. The molecule has 2 aromatic heterocycles. The zero-order chi connectivity index (χ0) is 23.4. The van der Waals surface area contributed by atoms with Gasteiger partial charge < -0.3 is 15.5 Å². The van der Waals surface area contributed by atoms with Crippen molar-refractivity contribution in [3.05, 3.63) is 23.5 Å². The van der Waals surface area contributed by atoms with Gasteiger partial charge in [0.1, 0.15) is 0 Å². The standard InChI is InChI=1S/C26H40N4O3/c1-3-4-5-6-17(2)28-26-27-16-24-22(18-7-9-20(10-8-18)25(32)33)15-23(30(24)29-26)19-11-13-21(31)14-12-19/h15-21,31H,3-14H2,1-2H3,(H,28,29)(H,32,33)/t17?,18-,19-,20+,21-. The smallest absolute Gasteiger partial charge is 0.306 e. The summed E-state index contributed by atoms with van der Waals surface area (Å²) in [6.45, 7) is 4.41. The third-order valence-electron chi connectivity index (χ3n) is 7.82. The average molecular weight is 457 g/mol. The summed E-state index contributed by atoms with van der Waals surface area (Å²) in [6.07, 6.45) is 13.4. The van der Waals surface area contributed by atoms with Crippen molar-refractivity contribution in [1.29, 1.82) is 0 Å². The van der Waals surface area contributed by atoms with Crippen LogP contribution in [0.1, 0.15) is 114 Å². The molecule has 2 aliphatic rings. The van der Waals surface area contributed by atoms with Crippen LogP contribution in [0.3, 0.4) is 0 Å². The Balaban J connectivity index is 1.60. The van der Waals surface area contributed by atoms with Crippen LogP contribution in [-0.2, 0) is 4.79 Å². The summed E-state index contributed by atoms with van der Waals surface area (Å²) in [4.78, 5) is 16.1. The molecule has 0 saturated heterocycles. The van der Waals surface area contributed by atoms with Gasteiger partial charge in [0.25, 0.3) is 0 Å². The van der Waals surface area contributed by atoms with Crippen LogP contribution in [0.4, 0.5) is 5.95 Å². The minimum atomic E-state index is -0.663. The van der Waals surface area contributed by atoms with Gasteiger partial charge in [-0.3, -0.25) is 4.79 Å². The van der Waals surface area contributed by atoms with Crippen molar-refractivity contribution in [2.75, 3.05) is 5.32 Å². The summed E-state index contributed by atoms with van der Waals surface area (Å²) in [5, 5.41) is 27.8. The number of rotatable bonds is 9. The maximum absolute atomic E-state index is 11.4. The van der Waals surface area contributed by atoms with Gasteiger partial charge in [-0.25, -0.2) is 9.50 Å². The van der Waals surface area contributed by atoms with Crippen molar-refractivity contribution in [2.24, 2.45) is 5.92 Å². The number of carbonyl (C=O) groups is 1. The Bertz CT molecular complexity index is 927. The third-order valence-corrected chi connectivity index (χ3v) is 7.82. The summed E-state index contributed by atoms with van der Waals surface area (Å²) in [7, 11) is 0. The van der Waals surface area contributed by atoms with E-state index in [1.807, 2.05) is 6.20 Å². The van der Waals surface area contributed by atoms with Gasteiger partial charge in [0.05, 0.1) is 23.7 Å². The molecular formula is C26H40N4O3. The van der Waals surface area contributed by atoms with Crippen molar-refractivity contribution >= 4 is 17.4 Å². The number of nitrogens with one attached hydrogen (secondary N) is 1. The van der Waals surface area contributed by atoms with Crippen LogP contribution in [0.25, 0.3) is 5.52 Å². The molecule has 0 bridgehead atoms. The average Bonchev–Trinajstić information content (AvgIpc) is 3.18. The molecule has 0 spiro atoms. The summed E-state index contributed by atoms with van der Waals surface area (Å²) < 4.78 is 2.09. The van der Waals surface area contributed by atoms with Crippen LogP contribution in [0.5, 0.6) is 0 Å². The highest BCUT2D eigenvalue weighted by Crippen LogP contribution is 2.41. The number of unbranched alkanes of at least 4 members (excludes halogenated alkanes) is 2. The Morgan fingerprint density at radius 3 is 2.48 bits per heavy atom. The van der Waals surface area contributed by atoms with Crippen LogP contribution in [0.15, 0.2) is 12.3 Å². The van der Waals surface area contributed by atoms with Crippen molar-refractivity contribution in [2.45, 2.75) is 115 Å². The van der Waals surface area contributed by atoms with Crippen LogP contribution in [-0.4, -0.2) is 42.9 Å². The van der Waals surface area contributed by atoms with Gasteiger partial charge in [0, 0.05) is 17.7 Å². The minimum Gasteiger partial charge on any atom is -0.481 e. The summed E-state index contributed by atoms with van der Waals surface area (Å²) in [5.74, 6) is 0.531. The number of aliphatic hydroxyl groups is 1. The summed E-state index contributed by atoms with van der Waals surface area (Å²) in [5.41, 5.74) is 3.54. The molecule has 2 aliphatic carbocycles. The first-order chi connectivity index (χ1) is 16.0. The van der Waals surface area contributed by atoms with Gasteiger partial charge >= 0.3 is 5.97 Å². The molecular weight excluding hydrogens is 416 g/mol. The Morgan fingerprint density at radius 2 is 1.82 bits per heavy atom. The molecule has 2 heterocycles. The van der Waals surface area contributed by atoms with E-state index in [1.54, 1.807) is 0 Å². The highest BCUT2D eigenvalue weighted by molar-refractivity contribution is 5.70. The number of hydrogen-bond acceptors (Lipinski definition) is 5. The second-order valence-corrected chi connectivity index (χ2v) is 10.3. The molecule has 3 N–H and O–H groups in total. The third kappa shape index (κ3) is 5.68. The first kappa shape index (κ1) is 24.0. The molecule has 0 aromatic carbocycles. The number of hydrogen-bond donors (Lipinski definition) is 3. The Labute approximate surface area is 197 Å². The van der Waals surface area contributed by atoms with E-state index >= 15 is 0 Å². The molecule has 1 unspecified atom stereocenters. The Morgan fingerprint density at radius 1 is 1.12 bits per heavy atom. The molecule has 0 amide bonds. The lowest BCUT2D eigenvalue weighted by atomic mass is 9.78. The van der Waals surface area contributed by atoms with Crippen LogP contribution in [0, 0.1) is 5.92 Å². The zero-order valence-corrected chi connectivity index (χ0v) is 20.2. The Hall–Kier alpha value is -2.15. The molecule has 2 saturated carbocycles. The minimum absolute atomic E-state index is 0.186. The largest absolute Gasteiger partial charge is 0.481 e. The molecule has 4 rings (SSSR count). The molecule has 7 heteroatoms. The maximum atomic E-state index is 11.4. The van der Waals surface area contributed by atoms with E-state index in [-0.39, 0.29) is 12.0 Å². The summed E-state index contributed by atoms with van der Waals surface area (Å²) >= 11 is 0. The first-order valence-electron chi connectivity index (χ1n) is 13.0. The highest BCUT2D eigenvalue weighted by Gasteiger charge is 2.31. The van der Waals surface area contributed by atoms with Crippen molar-refractivity contribution < 1.29 is 15.0 Å². The Kier molecular flexibility index (Phi) is 7.89. The maximum Gasteiger partial charge on any atom is 0.306 e. The second-order valence-electron chi connectivity index (χ2n) is 10.3. The van der Waals surface area contributed by atoms with E-state index in [1.165, 1.54) is 30.5 Å². The van der Waals surface area contributed by atoms with Gasteiger partial charge in [0.15, 0.2) is 0 Å².